The molecule has 0 unspecified atom stereocenters. The van der Waals surface area contributed by atoms with Gasteiger partial charge in [0.25, 0.3) is 9.05 Å². The van der Waals surface area contributed by atoms with Crippen LogP contribution in [0.5, 0.6) is 0 Å². The fourth-order valence-electron chi connectivity index (χ4n) is 1.16. The summed E-state index contributed by atoms with van der Waals surface area (Å²) in [6, 6.07) is 2.55. The van der Waals surface area contributed by atoms with Crippen molar-refractivity contribution in [3.8, 4) is 0 Å². The summed E-state index contributed by atoms with van der Waals surface area (Å²) in [5, 5.41) is 0.0412. The van der Waals surface area contributed by atoms with E-state index in [-0.39, 0.29) is 33.5 Å². The van der Waals surface area contributed by atoms with Crippen molar-refractivity contribution in [3.05, 3.63) is 27.7 Å². The average molecular weight is 332 g/mol. The van der Waals surface area contributed by atoms with E-state index in [0.717, 1.165) is 6.07 Å². The molecule has 0 aliphatic carbocycles. The molecule has 0 saturated carbocycles. The van der Waals surface area contributed by atoms with Gasteiger partial charge < -0.3 is 4.74 Å². The van der Waals surface area contributed by atoms with E-state index in [0.29, 0.717) is 0 Å². The quantitative estimate of drug-likeness (QED) is 0.627. The van der Waals surface area contributed by atoms with Crippen molar-refractivity contribution in [3.63, 3.8) is 0 Å². The molecule has 0 N–H and O–H groups in total. The summed E-state index contributed by atoms with van der Waals surface area (Å²) in [7, 11) is 1.21. The first-order valence-electron chi connectivity index (χ1n) is 4.84. The van der Waals surface area contributed by atoms with Crippen LogP contribution in [0.3, 0.4) is 0 Å². The van der Waals surface area contributed by atoms with Crippen LogP contribution >= 0.6 is 33.9 Å². The highest BCUT2D eigenvalue weighted by Gasteiger charge is 2.19. The Bertz CT molecular complexity index is 569. The topological polar surface area (TPSA) is 60.4 Å². The Morgan fingerprint density at radius 1 is 1.33 bits per heavy atom. The maximum absolute atomic E-state index is 11.3. The zero-order chi connectivity index (χ0) is 13.9. The molecule has 100 valence electrons. The second-order valence-electron chi connectivity index (χ2n) is 3.33. The maximum atomic E-state index is 11.3. The number of esters is 1. The Hall–Kier alpha value is -0.490. The standard InChI is InChI=1S/C10H9Cl3O4S/c1-2-9(14)17-5-6-3-7(11)4-8(10(6)12)18(13,15)16/h3-4H,2,5H2,1H3. The molecular weight excluding hydrogens is 323 g/mol. The molecule has 1 aromatic rings. The smallest absolute Gasteiger partial charge is 0.305 e. The molecule has 18 heavy (non-hydrogen) atoms. The van der Waals surface area contributed by atoms with Gasteiger partial charge in [-0.05, 0) is 12.1 Å². The number of halogens is 3. The van der Waals surface area contributed by atoms with E-state index in [1.54, 1.807) is 6.92 Å². The van der Waals surface area contributed by atoms with Gasteiger partial charge in [-0.1, -0.05) is 30.1 Å². The number of benzene rings is 1. The first kappa shape index (κ1) is 15.6. The second kappa shape index (κ2) is 6.10. The summed E-state index contributed by atoms with van der Waals surface area (Å²) in [5.74, 6) is -0.429. The zero-order valence-electron chi connectivity index (χ0n) is 9.24. The largest absolute Gasteiger partial charge is 0.461 e. The zero-order valence-corrected chi connectivity index (χ0v) is 12.3. The van der Waals surface area contributed by atoms with E-state index in [1.807, 2.05) is 0 Å². The maximum Gasteiger partial charge on any atom is 0.305 e. The molecule has 0 heterocycles. The Morgan fingerprint density at radius 2 is 1.94 bits per heavy atom. The third-order valence-electron chi connectivity index (χ3n) is 2.02. The molecule has 0 fully saturated rings. The number of hydrogen-bond donors (Lipinski definition) is 0. The molecule has 0 amide bonds. The molecule has 0 spiro atoms. The van der Waals surface area contributed by atoms with E-state index in [9.17, 15) is 13.2 Å². The minimum Gasteiger partial charge on any atom is -0.461 e. The van der Waals surface area contributed by atoms with Crippen molar-refractivity contribution in [2.45, 2.75) is 24.8 Å². The van der Waals surface area contributed by atoms with Crippen LogP contribution in [-0.2, 0) is 25.2 Å². The Kier molecular flexibility index (Phi) is 5.28. The minimum atomic E-state index is -4.01. The third-order valence-corrected chi connectivity index (χ3v) is 4.14. The lowest BCUT2D eigenvalue weighted by Gasteiger charge is -2.09. The van der Waals surface area contributed by atoms with Crippen LogP contribution < -0.4 is 0 Å². The Balaban J connectivity index is 3.14. The molecule has 1 aromatic carbocycles. The molecule has 0 saturated heterocycles. The summed E-state index contributed by atoms with van der Waals surface area (Å²) in [5.41, 5.74) is 0.283. The van der Waals surface area contributed by atoms with E-state index in [1.165, 1.54) is 6.07 Å². The number of hydrogen-bond acceptors (Lipinski definition) is 4. The van der Waals surface area contributed by atoms with Crippen molar-refractivity contribution in [1.82, 2.24) is 0 Å². The van der Waals surface area contributed by atoms with Gasteiger partial charge in [-0.15, -0.1) is 0 Å². The van der Waals surface area contributed by atoms with Gasteiger partial charge in [-0.3, -0.25) is 4.79 Å². The van der Waals surface area contributed by atoms with Gasteiger partial charge in [0.2, 0.25) is 0 Å². The molecule has 0 aromatic heterocycles. The van der Waals surface area contributed by atoms with Crippen LogP contribution in [-0.4, -0.2) is 14.4 Å². The minimum absolute atomic E-state index is 0.0988. The van der Waals surface area contributed by atoms with Crippen molar-refractivity contribution < 1.29 is 17.9 Å². The predicted molar refractivity (Wildman–Crippen MR) is 69.6 cm³/mol. The summed E-state index contributed by atoms with van der Waals surface area (Å²) in [6.45, 7) is 1.47. The lowest BCUT2D eigenvalue weighted by atomic mass is 10.2. The molecule has 0 aliphatic rings. The van der Waals surface area contributed by atoms with Gasteiger partial charge in [0.1, 0.15) is 11.5 Å². The molecule has 1 rings (SSSR count). The summed E-state index contributed by atoms with van der Waals surface area (Å²) >= 11 is 11.6. The highest BCUT2D eigenvalue weighted by molar-refractivity contribution is 8.13. The van der Waals surface area contributed by atoms with E-state index < -0.39 is 15.0 Å². The third kappa shape index (κ3) is 4.02. The predicted octanol–water partition coefficient (Wildman–Crippen LogP) is 3.37. The van der Waals surface area contributed by atoms with Gasteiger partial charge in [0.05, 0.1) is 5.02 Å². The van der Waals surface area contributed by atoms with E-state index in [4.69, 9.17) is 38.6 Å². The first-order valence-corrected chi connectivity index (χ1v) is 7.90. The van der Waals surface area contributed by atoms with Crippen LogP contribution in [0.4, 0.5) is 0 Å². The van der Waals surface area contributed by atoms with Crippen molar-refractivity contribution in [2.24, 2.45) is 0 Å². The van der Waals surface area contributed by atoms with E-state index >= 15 is 0 Å². The summed E-state index contributed by atoms with van der Waals surface area (Å²) in [6.07, 6.45) is 0.207. The highest BCUT2D eigenvalue weighted by Crippen LogP contribution is 2.31. The summed E-state index contributed by atoms with van der Waals surface area (Å²) < 4.78 is 27.4. The van der Waals surface area contributed by atoms with Crippen LogP contribution in [0.2, 0.25) is 10.0 Å². The number of carbonyl (C=O) groups excluding carboxylic acids is 1. The van der Waals surface area contributed by atoms with Gasteiger partial charge in [-0.25, -0.2) is 8.42 Å². The lowest BCUT2D eigenvalue weighted by Crippen LogP contribution is -2.04. The second-order valence-corrected chi connectivity index (χ2v) is 6.68. The van der Waals surface area contributed by atoms with E-state index in [2.05, 4.69) is 0 Å². The molecule has 8 heteroatoms. The van der Waals surface area contributed by atoms with Crippen molar-refractivity contribution in [1.29, 1.82) is 0 Å². The van der Waals surface area contributed by atoms with Crippen LogP contribution in [0.1, 0.15) is 18.9 Å². The fourth-order valence-corrected chi connectivity index (χ4v) is 3.03. The lowest BCUT2D eigenvalue weighted by molar-refractivity contribution is -0.144. The molecule has 4 nitrogen and oxygen atoms in total. The molecular formula is C10H9Cl3O4S. The van der Waals surface area contributed by atoms with Gasteiger partial charge >= 0.3 is 5.97 Å². The molecule has 0 atom stereocenters. The molecule has 0 radical (unpaired) electrons. The normalized spacial score (nSPS) is 11.3. The fraction of sp³-hybridized carbons (Fsp3) is 0.300. The van der Waals surface area contributed by atoms with Crippen molar-refractivity contribution >= 4 is 48.9 Å². The SMILES string of the molecule is CCC(=O)OCc1cc(Cl)cc(S(=O)(=O)Cl)c1Cl. The van der Waals surface area contributed by atoms with Gasteiger partial charge in [-0.2, -0.15) is 0 Å². The van der Waals surface area contributed by atoms with Gasteiger partial charge in [0.15, 0.2) is 0 Å². The van der Waals surface area contributed by atoms with Crippen LogP contribution in [0.25, 0.3) is 0 Å². The van der Waals surface area contributed by atoms with Gasteiger partial charge in [0, 0.05) is 27.7 Å². The van der Waals surface area contributed by atoms with Crippen molar-refractivity contribution in [2.75, 3.05) is 0 Å². The average Bonchev–Trinajstić information content (AvgIpc) is 2.27. The first-order chi connectivity index (χ1) is 8.25. The molecule has 0 bridgehead atoms. The number of carbonyl (C=O) groups is 1. The Morgan fingerprint density at radius 3 is 2.44 bits per heavy atom. The Labute approximate surface area is 119 Å². The molecule has 0 aliphatic heterocycles. The number of rotatable bonds is 4. The number of ether oxygens (including phenoxy) is 1. The van der Waals surface area contributed by atoms with Crippen LogP contribution in [0.15, 0.2) is 17.0 Å². The highest BCUT2D eigenvalue weighted by atomic mass is 35.7. The van der Waals surface area contributed by atoms with Crippen LogP contribution in [0, 0.1) is 0 Å². The summed E-state index contributed by atoms with van der Waals surface area (Å²) in [4.78, 5) is 10.7. The monoisotopic (exact) mass is 330 g/mol.